The second-order valence-corrected chi connectivity index (χ2v) is 7.09. The molecule has 0 aromatic heterocycles. The highest BCUT2D eigenvalue weighted by molar-refractivity contribution is 6.01. The van der Waals surface area contributed by atoms with Crippen LogP contribution in [0.15, 0.2) is 42.5 Å². The quantitative estimate of drug-likeness (QED) is 0.380. The number of hydrogen-bond acceptors (Lipinski definition) is 8. The largest absolute Gasteiger partial charge is 0.507 e. The van der Waals surface area contributed by atoms with E-state index in [1.807, 2.05) is 30.3 Å². The minimum absolute atomic E-state index is 0.0739. The maximum Gasteiger partial charge on any atom is 0.170 e. The highest BCUT2D eigenvalue weighted by Crippen LogP contribution is 2.38. The predicted molar refractivity (Wildman–Crippen MR) is 102 cm³/mol. The van der Waals surface area contributed by atoms with Crippen LogP contribution in [-0.2, 0) is 11.2 Å². The van der Waals surface area contributed by atoms with Crippen LogP contribution in [-0.4, -0.2) is 67.4 Å². The van der Waals surface area contributed by atoms with Crippen LogP contribution in [0.5, 0.6) is 11.5 Å². The second-order valence-electron chi connectivity index (χ2n) is 7.09. The molecular formula is C21H24O8. The van der Waals surface area contributed by atoms with Gasteiger partial charge in [0.2, 0.25) is 0 Å². The number of ketones is 1. The van der Waals surface area contributed by atoms with Crippen molar-refractivity contribution in [1.82, 2.24) is 0 Å². The van der Waals surface area contributed by atoms with Crippen molar-refractivity contribution in [3.05, 3.63) is 59.2 Å². The number of rotatable bonds is 6. The minimum atomic E-state index is -1.60. The molecule has 8 heteroatoms. The van der Waals surface area contributed by atoms with Gasteiger partial charge < -0.3 is 35.4 Å². The summed E-state index contributed by atoms with van der Waals surface area (Å²) in [4.78, 5) is 12.5. The molecule has 156 valence electrons. The van der Waals surface area contributed by atoms with E-state index in [-0.39, 0.29) is 17.5 Å². The molecule has 1 fully saturated rings. The SMILES string of the molecule is O=C(CCc1ccccc1)c1c(O)cc(C2OC(CO)C(O)C(O)C2O)cc1O. The third-order valence-corrected chi connectivity index (χ3v) is 5.10. The number of carbonyl (C=O) groups excluding carboxylic acids is 1. The van der Waals surface area contributed by atoms with Crippen molar-refractivity contribution < 1.29 is 40.2 Å². The van der Waals surface area contributed by atoms with Crippen molar-refractivity contribution in [1.29, 1.82) is 0 Å². The van der Waals surface area contributed by atoms with Crippen LogP contribution >= 0.6 is 0 Å². The third kappa shape index (κ3) is 4.42. The van der Waals surface area contributed by atoms with Crippen LogP contribution in [0.1, 0.15) is 34.0 Å². The summed E-state index contributed by atoms with van der Waals surface area (Å²) in [5.74, 6) is -1.44. The molecule has 2 aromatic rings. The number of aliphatic hydroxyl groups is 4. The average Bonchev–Trinajstić information content (AvgIpc) is 2.71. The zero-order valence-corrected chi connectivity index (χ0v) is 15.5. The molecular weight excluding hydrogens is 380 g/mol. The van der Waals surface area contributed by atoms with Gasteiger partial charge in [0.15, 0.2) is 5.78 Å². The van der Waals surface area contributed by atoms with E-state index >= 15 is 0 Å². The van der Waals surface area contributed by atoms with Gasteiger partial charge in [-0.05, 0) is 29.7 Å². The molecule has 2 aromatic carbocycles. The van der Waals surface area contributed by atoms with Gasteiger partial charge in [-0.15, -0.1) is 0 Å². The van der Waals surface area contributed by atoms with Gasteiger partial charge in [-0.25, -0.2) is 0 Å². The number of benzene rings is 2. The third-order valence-electron chi connectivity index (χ3n) is 5.10. The molecule has 1 aliphatic rings. The molecule has 0 aliphatic carbocycles. The predicted octanol–water partition coefficient (Wildman–Crippen LogP) is 0.428. The minimum Gasteiger partial charge on any atom is -0.507 e. The van der Waals surface area contributed by atoms with Crippen LogP contribution in [0.25, 0.3) is 0 Å². The number of carbonyl (C=O) groups is 1. The Morgan fingerprint density at radius 1 is 0.931 bits per heavy atom. The number of aryl methyl sites for hydroxylation is 1. The lowest BCUT2D eigenvalue weighted by Gasteiger charge is -2.40. The molecule has 8 nitrogen and oxygen atoms in total. The van der Waals surface area contributed by atoms with Crippen molar-refractivity contribution in [2.24, 2.45) is 0 Å². The number of aliphatic hydroxyl groups excluding tert-OH is 4. The monoisotopic (exact) mass is 404 g/mol. The molecule has 1 heterocycles. The van der Waals surface area contributed by atoms with E-state index in [0.717, 1.165) is 17.7 Å². The van der Waals surface area contributed by atoms with Gasteiger partial charge in [0.25, 0.3) is 0 Å². The van der Waals surface area contributed by atoms with Crippen LogP contribution in [0.4, 0.5) is 0 Å². The van der Waals surface area contributed by atoms with Crippen molar-refractivity contribution in [2.45, 2.75) is 43.4 Å². The Morgan fingerprint density at radius 2 is 1.55 bits per heavy atom. The van der Waals surface area contributed by atoms with E-state index in [2.05, 4.69) is 0 Å². The van der Waals surface area contributed by atoms with Crippen LogP contribution in [0.3, 0.4) is 0 Å². The van der Waals surface area contributed by atoms with E-state index < -0.39 is 54.4 Å². The van der Waals surface area contributed by atoms with Gasteiger partial charge in [0.05, 0.1) is 6.61 Å². The fourth-order valence-corrected chi connectivity index (χ4v) is 3.49. The Kier molecular flexibility index (Phi) is 6.51. The molecule has 0 saturated carbocycles. The number of hydrogen-bond donors (Lipinski definition) is 6. The van der Waals surface area contributed by atoms with Crippen molar-refractivity contribution >= 4 is 5.78 Å². The van der Waals surface area contributed by atoms with Crippen LogP contribution in [0, 0.1) is 0 Å². The normalized spacial score (nSPS) is 27.0. The number of phenolic OH excluding ortho intramolecular Hbond substituents is 2. The van der Waals surface area contributed by atoms with Crippen LogP contribution < -0.4 is 0 Å². The van der Waals surface area contributed by atoms with Crippen LogP contribution in [0.2, 0.25) is 0 Å². The Morgan fingerprint density at radius 3 is 2.14 bits per heavy atom. The average molecular weight is 404 g/mol. The Bertz CT molecular complexity index is 828. The summed E-state index contributed by atoms with van der Waals surface area (Å²) < 4.78 is 5.42. The van der Waals surface area contributed by atoms with E-state index in [1.165, 1.54) is 0 Å². The highest BCUT2D eigenvalue weighted by Gasteiger charge is 2.44. The van der Waals surface area contributed by atoms with Gasteiger partial charge in [-0.1, -0.05) is 30.3 Å². The molecule has 5 atom stereocenters. The number of phenols is 2. The van der Waals surface area contributed by atoms with Crippen molar-refractivity contribution in [3.8, 4) is 11.5 Å². The molecule has 0 spiro atoms. The summed E-state index contributed by atoms with van der Waals surface area (Å²) in [7, 11) is 0. The molecule has 0 bridgehead atoms. The van der Waals surface area contributed by atoms with E-state index in [4.69, 9.17) is 4.74 Å². The van der Waals surface area contributed by atoms with Gasteiger partial charge in [0, 0.05) is 6.42 Å². The first-order chi connectivity index (χ1) is 13.8. The molecule has 1 saturated heterocycles. The van der Waals surface area contributed by atoms with E-state index in [1.54, 1.807) is 0 Å². The van der Waals surface area contributed by atoms with Gasteiger partial charge >= 0.3 is 0 Å². The molecule has 1 aliphatic heterocycles. The topological polar surface area (TPSA) is 148 Å². The zero-order chi connectivity index (χ0) is 21.1. The van der Waals surface area contributed by atoms with E-state index in [0.29, 0.717) is 6.42 Å². The number of aromatic hydroxyl groups is 2. The summed E-state index contributed by atoms with van der Waals surface area (Å²) >= 11 is 0. The molecule has 29 heavy (non-hydrogen) atoms. The molecule has 3 rings (SSSR count). The van der Waals surface area contributed by atoms with Crippen molar-refractivity contribution in [2.75, 3.05) is 6.61 Å². The second kappa shape index (κ2) is 8.89. The molecule has 6 N–H and O–H groups in total. The first-order valence-corrected chi connectivity index (χ1v) is 9.27. The van der Waals surface area contributed by atoms with Gasteiger partial charge in [0.1, 0.15) is 47.6 Å². The number of ether oxygens (including phenoxy) is 1. The van der Waals surface area contributed by atoms with E-state index in [9.17, 15) is 35.4 Å². The standard InChI is InChI=1S/C21H24O8/c22-10-16-18(26)19(27)20(28)21(29-16)12-8-14(24)17(15(25)9-12)13(23)7-6-11-4-2-1-3-5-11/h1-5,8-9,16,18-22,24-28H,6-7,10H2. The summed E-state index contributed by atoms with van der Waals surface area (Å²) in [5, 5.41) is 59.9. The lowest BCUT2D eigenvalue weighted by atomic mass is 9.90. The summed E-state index contributed by atoms with van der Waals surface area (Å²) in [6.07, 6.45) is -6.52. The zero-order valence-electron chi connectivity index (χ0n) is 15.5. The van der Waals surface area contributed by atoms with Gasteiger partial charge in [-0.3, -0.25) is 4.79 Å². The summed E-state index contributed by atoms with van der Waals surface area (Å²) in [5.41, 5.74) is 0.795. The van der Waals surface area contributed by atoms with Gasteiger partial charge in [-0.2, -0.15) is 0 Å². The van der Waals surface area contributed by atoms with Crippen molar-refractivity contribution in [3.63, 3.8) is 0 Å². The first-order valence-electron chi connectivity index (χ1n) is 9.27. The highest BCUT2D eigenvalue weighted by atomic mass is 16.5. The first kappa shape index (κ1) is 21.2. The fourth-order valence-electron chi connectivity index (χ4n) is 3.49. The maximum atomic E-state index is 12.5. The summed E-state index contributed by atoms with van der Waals surface area (Å²) in [6.45, 7) is -0.602. The molecule has 0 amide bonds. The Balaban J connectivity index is 1.80. The lowest BCUT2D eigenvalue weighted by molar-refractivity contribution is -0.231. The Hall–Kier alpha value is -2.49. The molecule has 0 radical (unpaired) electrons. The smallest absolute Gasteiger partial charge is 0.170 e. The maximum absolute atomic E-state index is 12.5. The summed E-state index contributed by atoms with van der Waals surface area (Å²) in [6, 6.07) is 11.6. The Labute approximate surface area is 167 Å². The number of Topliss-reactive ketones (excluding diaryl/α,β-unsaturated/α-hetero) is 1. The molecule has 5 unspecified atom stereocenters. The fraction of sp³-hybridized carbons (Fsp3) is 0.381. The lowest BCUT2D eigenvalue weighted by Crippen LogP contribution is -2.55.